The number of carbonyl (C=O) groups is 2. The van der Waals surface area contributed by atoms with E-state index in [-0.39, 0.29) is 13.0 Å². The van der Waals surface area contributed by atoms with Gasteiger partial charge in [0.05, 0.1) is 12.5 Å². The van der Waals surface area contributed by atoms with E-state index < -0.39 is 18.0 Å². The van der Waals surface area contributed by atoms with Crippen molar-refractivity contribution >= 4 is 18.2 Å². The molecule has 218 valence electrons. The van der Waals surface area contributed by atoms with E-state index >= 15 is 0 Å². The fourth-order valence-corrected chi connectivity index (χ4v) is 5.62. The molecule has 0 unspecified atom stereocenters. The molecule has 1 atom stereocenters. The number of carbonyl (C=O) groups excluding carboxylic acids is 2. The first-order chi connectivity index (χ1) is 20.5. The topological polar surface area (TPSA) is 113 Å². The fraction of sp³-hybridized carbons (Fsp3) is 0.333. The van der Waals surface area contributed by atoms with Crippen LogP contribution in [0.4, 0.5) is 4.79 Å². The predicted octanol–water partition coefficient (Wildman–Crippen LogP) is 5.85. The van der Waals surface area contributed by atoms with Gasteiger partial charge in [0.1, 0.15) is 12.6 Å². The third-order valence-corrected chi connectivity index (χ3v) is 7.88. The molecule has 9 nitrogen and oxygen atoms in total. The van der Waals surface area contributed by atoms with E-state index in [1.54, 1.807) is 12.4 Å². The van der Waals surface area contributed by atoms with E-state index in [2.05, 4.69) is 61.6 Å². The SMILES string of the molecule is Cc1cc(/C=N\NC(=O)[C@@H](Cc2cnc[nH]2)NC(=O)OCc2ccccc2)c(C)n1-c1ccc(C2CCCCC2)cc1. The lowest BCUT2D eigenvalue weighted by Crippen LogP contribution is -2.47. The zero-order valence-corrected chi connectivity index (χ0v) is 24.2. The van der Waals surface area contributed by atoms with Gasteiger partial charge in [0.15, 0.2) is 0 Å². The van der Waals surface area contributed by atoms with E-state index in [4.69, 9.17) is 4.74 Å². The minimum atomic E-state index is -0.916. The first-order valence-corrected chi connectivity index (χ1v) is 14.5. The van der Waals surface area contributed by atoms with Crippen LogP contribution in [0.2, 0.25) is 0 Å². The van der Waals surface area contributed by atoms with Gasteiger partial charge in [-0.15, -0.1) is 0 Å². The number of amides is 2. The van der Waals surface area contributed by atoms with Crippen LogP contribution in [0.25, 0.3) is 5.69 Å². The third-order valence-electron chi connectivity index (χ3n) is 7.88. The summed E-state index contributed by atoms with van der Waals surface area (Å²) < 4.78 is 7.51. The molecule has 0 aliphatic heterocycles. The zero-order chi connectivity index (χ0) is 29.3. The van der Waals surface area contributed by atoms with Crippen LogP contribution in [0.5, 0.6) is 0 Å². The second kappa shape index (κ2) is 13.8. The summed E-state index contributed by atoms with van der Waals surface area (Å²) in [4.78, 5) is 32.5. The Bertz CT molecular complexity index is 1490. The highest BCUT2D eigenvalue weighted by Crippen LogP contribution is 2.33. The first-order valence-electron chi connectivity index (χ1n) is 14.5. The summed E-state index contributed by atoms with van der Waals surface area (Å²) in [5.74, 6) is 0.202. The van der Waals surface area contributed by atoms with Crippen molar-refractivity contribution in [3.63, 3.8) is 0 Å². The fourth-order valence-electron chi connectivity index (χ4n) is 5.62. The number of H-pyrrole nitrogens is 1. The average molecular weight is 567 g/mol. The number of aromatic nitrogens is 3. The van der Waals surface area contributed by atoms with Crippen LogP contribution >= 0.6 is 0 Å². The van der Waals surface area contributed by atoms with Gasteiger partial charge in [0, 0.05) is 41.0 Å². The van der Waals surface area contributed by atoms with Gasteiger partial charge in [-0.3, -0.25) is 4.79 Å². The third kappa shape index (κ3) is 7.34. The maximum absolute atomic E-state index is 13.1. The van der Waals surface area contributed by atoms with Crippen molar-refractivity contribution < 1.29 is 14.3 Å². The summed E-state index contributed by atoms with van der Waals surface area (Å²) in [5.41, 5.74) is 9.64. The van der Waals surface area contributed by atoms with Gasteiger partial charge in [0.25, 0.3) is 5.91 Å². The Labute approximate surface area is 246 Å². The van der Waals surface area contributed by atoms with E-state index in [0.29, 0.717) is 11.6 Å². The van der Waals surface area contributed by atoms with Crippen molar-refractivity contribution in [2.75, 3.05) is 0 Å². The van der Waals surface area contributed by atoms with Crippen molar-refractivity contribution in [2.45, 2.75) is 70.9 Å². The molecule has 2 aromatic carbocycles. The summed E-state index contributed by atoms with van der Waals surface area (Å²) in [7, 11) is 0. The van der Waals surface area contributed by atoms with E-state index in [9.17, 15) is 9.59 Å². The van der Waals surface area contributed by atoms with Crippen molar-refractivity contribution in [3.05, 3.63) is 107 Å². The monoisotopic (exact) mass is 566 g/mol. The van der Waals surface area contributed by atoms with Gasteiger partial charge in [-0.05, 0) is 61.9 Å². The number of aromatic amines is 1. The lowest BCUT2D eigenvalue weighted by atomic mass is 9.84. The quantitative estimate of drug-likeness (QED) is 0.165. The standard InChI is InChI=1S/C33H38N6O3/c1-23-17-28(24(2)39(23)30-15-13-27(14-16-30)26-11-7-4-8-12-26)19-36-38-32(40)31(18-29-20-34-22-35-29)37-33(41)42-21-25-9-5-3-6-10-25/h3,5-6,9-10,13-17,19-20,22,26,31H,4,7-8,11-12,18,21H2,1-2H3,(H,34,35)(H,37,41)(H,38,40)/b36-19-/t31-/m1/s1. The zero-order valence-electron chi connectivity index (χ0n) is 24.2. The molecule has 2 amide bonds. The van der Waals surface area contributed by atoms with Crippen LogP contribution in [-0.4, -0.2) is 38.8 Å². The normalized spacial score (nSPS) is 14.5. The number of nitrogens with one attached hydrogen (secondary N) is 3. The molecule has 2 heterocycles. The van der Waals surface area contributed by atoms with Crippen LogP contribution < -0.4 is 10.7 Å². The number of alkyl carbamates (subject to hydrolysis) is 1. The number of hydrazone groups is 1. The van der Waals surface area contributed by atoms with E-state index in [1.165, 1.54) is 44.0 Å². The van der Waals surface area contributed by atoms with Crippen LogP contribution in [0.15, 0.2) is 78.3 Å². The van der Waals surface area contributed by atoms with Crippen LogP contribution in [0.1, 0.15) is 71.8 Å². The number of aryl methyl sites for hydroxylation is 1. The number of nitrogens with zero attached hydrogens (tertiary/aromatic N) is 3. The maximum Gasteiger partial charge on any atom is 0.408 e. The van der Waals surface area contributed by atoms with Gasteiger partial charge in [-0.1, -0.05) is 61.7 Å². The minimum Gasteiger partial charge on any atom is -0.445 e. The lowest BCUT2D eigenvalue weighted by molar-refractivity contribution is -0.123. The molecular formula is C33H38N6O3. The molecule has 1 fully saturated rings. The molecule has 0 saturated heterocycles. The Morgan fingerprint density at radius 3 is 2.57 bits per heavy atom. The van der Waals surface area contributed by atoms with Crippen molar-refractivity contribution in [1.82, 2.24) is 25.3 Å². The second-order valence-corrected chi connectivity index (χ2v) is 10.9. The highest BCUT2D eigenvalue weighted by molar-refractivity contribution is 5.88. The largest absolute Gasteiger partial charge is 0.445 e. The Morgan fingerprint density at radius 1 is 1.10 bits per heavy atom. The highest BCUT2D eigenvalue weighted by Gasteiger charge is 2.23. The molecule has 1 aliphatic rings. The number of ether oxygens (including phenoxy) is 1. The second-order valence-electron chi connectivity index (χ2n) is 10.9. The maximum atomic E-state index is 13.1. The minimum absolute atomic E-state index is 0.0994. The van der Waals surface area contributed by atoms with Gasteiger partial charge >= 0.3 is 6.09 Å². The van der Waals surface area contributed by atoms with Crippen molar-refractivity contribution in [2.24, 2.45) is 5.10 Å². The Morgan fingerprint density at radius 2 is 1.86 bits per heavy atom. The molecule has 4 aromatic rings. The molecule has 0 radical (unpaired) electrons. The van der Waals surface area contributed by atoms with Crippen molar-refractivity contribution in [3.8, 4) is 5.69 Å². The number of benzene rings is 2. The van der Waals surface area contributed by atoms with Crippen LogP contribution in [-0.2, 0) is 22.6 Å². The van der Waals surface area contributed by atoms with Gasteiger partial charge in [0.2, 0.25) is 0 Å². The molecule has 0 bridgehead atoms. The summed E-state index contributed by atoms with van der Waals surface area (Å²) in [6.45, 7) is 4.20. The molecule has 9 heteroatoms. The van der Waals surface area contributed by atoms with Gasteiger partial charge in [-0.2, -0.15) is 5.10 Å². The Kier molecular flexibility index (Phi) is 9.48. The molecular weight excluding hydrogens is 528 g/mol. The first kappa shape index (κ1) is 28.9. The summed E-state index contributed by atoms with van der Waals surface area (Å²) in [6, 6.07) is 19.4. The highest BCUT2D eigenvalue weighted by atomic mass is 16.5. The molecule has 0 spiro atoms. The smallest absolute Gasteiger partial charge is 0.408 e. The van der Waals surface area contributed by atoms with Gasteiger partial charge < -0.3 is 19.6 Å². The molecule has 1 aliphatic carbocycles. The van der Waals surface area contributed by atoms with Crippen molar-refractivity contribution in [1.29, 1.82) is 0 Å². The average Bonchev–Trinajstić information content (AvgIpc) is 3.63. The Hall–Kier alpha value is -4.66. The molecule has 42 heavy (non-hydrogen) atoms. The van der Waals surface area contributed by atoms with Gasteiger partial charge in [-0.25, -0.2) is 15.2 Å². The summed E-state index contributed by atoms with van der Waals surface area (Å²) >= 11 is 0. The van der Waals surface area contributed by atoms with Crippen LogP contribution in [0.3, 0.4) is 0 Å². The summed E-state index contributed by atoms with van der Waals surface area (Å²) in [5, 5.41) is 6.87. The lowest BCUT2D eigenvalue weighted by Gasteiger charge is -2.22. The molecule has 5 rings (SSSR count). The Balaban J connectivity index is 1.22. The predicted molar refractivity (Wildman–Crippen MR) is 163 cm³/mol. The number of imidazole rings is 1. The molecule has 3 N–H and O–H groups in total. The number of rotatable bonds is 10. The summed E-state index contributed by atoms with van der Waals surface area (Å²) in [6.07, 6.45) is 10.8. The number of hydrogen-bond donors (Lipinski definition) is 3. The van der Waals surface area contributed by atoms with E-state index in [0.717, 1.165) is 28.2 Å². The van der Waals surface area contributed by atoms with Crippen LogP contribution in [0, 0.1) is 13.8 Å². The van der Waals surface area contributed by atoms with E-state index in [1.807, 2.05) is 43.3 Å². The molecule has 2 aromatic heterocycles. The molecule has 1 saturated carbocycles. The number of hydrogen-bond acceptors (Lipinski definition) is 5.